The quantitative estimate of drug-likeness (QED) is 0.838. The Balaban J connectivity index is 1.97. The maximum absolute atomic E-state index is 12.7. The molecule has 4 heteroatoms. The smallest absolute Gasteiger partial charge is 0.251 e. The highest BCUT2D eigenvalue weighted by atomic mass is 19.1. The highest BCUT2D eigenvalue weighted by molar-refractivity contribution is 5.94. The highest BCUT2D eigenvalue weighted by Crippen LogP contribution is 2.12. The van der Waals surface area contributed by atoms with E-state index < -0.39 is 0 Å². The lowest BCUT2D eigenvalue weighted by molar-refractivity contribution is 0.0951. The molecule has 0 saturated heterocycles. The van der Waals surface area contributed by atoms with Crippen molar-refractivity contribution in [3.63, 3.8) is 0 Å². The summed E-state index contributed by atoms with van der Waals surface area (Å²) in [5, 5.41) is 2.73. The highest BCUT2D eigenvalue weighted by Gasteiger charge is 2.04. The Bertz CT molecular complexity index is 612. The van der Waals surface area contributed by atoms with E-state index in [1.54, 1.807) is 36.4 Å². The van der Waals surface area contributed by atoms with Crippen LogP contribution in [0.5, 0.6) is 0 Å². The van der Waals surface area contributed by atoms with Gasteiger partial charge in [0.25, 0.3) is 5.91 Å². The van der Waals surface area contributed by atoms with Crippen molar-refractivity contribution >= 4 is 11.6 Å². The number of carbonyl (C=O) groups excluding carboxylic acids is 1. The SMILES string of the molecule is [C-]#[N+]c1ccc(C(=O)NCc2ccc(F)cc2)cc1. The van der Waals surface area contributed by atoms with Gasteiger partial charge in [-0.05, 0) is 17.7 Å². The minimum Gasteiger partial charge on any atom is -0.348 e. The fourth-order valence-corrected chi connectivity index (χ4v) is 1.57. The Morgan fingerprint density at radius 1 is 1.11 bits per heavy atom. The van der Waals surface area contributed by atoms with E-state index in [1.165, 1.54) is 12.1 Å². The summed E-state index contributed by atoms with van der Waals surface area (Å²) in [6, 6.07) is 12.4. The Morgan fingerprint density at radius 2 is 1.74 bits per heavy atom. The molecule has 0 atom stereocenters. The van der Waals surface area contributed by atoms with Crippen LogP contribution in [-0.4, -0.2) is 5.91 Å². The molecule has 1 N–H and O–H groups in total. The predicted molar refractivity (Wildman–Crippen MR) is 70.3 cm³/mol. The van der Waals surface area contributed by atoms with Crippen molar-refractivity contribution in [2.75, 3.05) is 0 Å². The third-order valence-corrected chi connectivity index (χ3v) is 2.62. The van der Waals surface area contributed by atoms with Crippen LogP contribution in [0.3, 0.4) is 0 Å². The molecule has 0 aliphatic carbocycles. The second-order valence-electron chi connectivity index (χ2n) is 3.97. The van der Waals surface area contributed by atoms with Crippen molar-refractivity contribution < 1.29 is 9.18 Å². The van der Waals surface area contributed by atoms with E-state index in [9.17, 15) is 9.18 Å². The van der Waals surface area contributed by atoms with E-state index >= 15 is 0 Å². The molecule has 0 aliphatic heterocycles. The number of nitrogens with one attached hydrogen (secondary N) is 1. The summed E-state index contributed by atoms with van der Waals surface area (Å²) in [6.07, 6.45) is 0. The van der Waals surface area contributed by atoms with E-state index in [4.69, 9.17) is 6.57 Å². The Kier molecular flexibility index (Phi) is 3.89. The molecule has 0 fully saturated rings. The third-order valence-electron chi connectivity index (χ3n) is 2.62. The number of hydrogen-bond donors (Lipinski definition) is 1. The molecule has 2 aromatic rings. The molecular formula is C15H11FN2O. The van der Waals surface area contributed by atoms with Gasteiger partial charge >= 0.3 is 0 Å². The molecule has 3 nitrogen and oxygen atoms in total. The van der Waals surface area contributed by atoms with Crippen LogP contribution < -0.4 is 5.32 Å². The lowest BCUT2D eigenvalue weighted by atomic mass is 10.2. The average molecular weight is 254 g/mol. The van der Waals surface area contributed by atoms with Gasteiger partial charge in [-0.25, -0.2) is 9.24 Å². The molecule has 0 aromatic heterocycles. The average Bonchev–Trinajstić information content (AvgIpc) is 2.46. The number of halogens is 1. The topological polar surface area (TPSA) is 33.5 Å². The van der Waals surface area contributed by atoms with Crippen molar-refractivity contribution in [1.82, 2.24) is 5.32 Å². The number of amides is 1. The van der Waals surface area contributed by atoms with Crippen LogP contribution >= 0.6 is 0 Å². The molecule has 1 amide bonds. The monoisotopic (exact) mass is 254 g/mol. The first kappa shape index (κ1) is 12.8. The summed E-state index contributed by atoms with van der Waals surface area (Å²) in [6.45, 7) is 7.16. The predicted octanol–water partition coefficient (Wildman–Crippen LogP) is 3.31. The summed E-state index contributed by atoms with van der Waals surface area (Å²) >= 11 is 0. The van der Waals surface area contributed by atoms with Crippen LogP contribution in [0.2, 0.25) is 0 Å². The molecule has 0 spiro atoms. The van der Waals surface area contributed by atoms with Crippen LogP contribution in [0.4, 0.5) is 10.1 Å². The number of carbonyl (C=O) groups is 1. The molecule has 0 saturated carbocycles. The number of rotatable bonds is 3. The Morgan fingerprint density at radius 3 is 2.32 bits per heavy atom. The maximum Gasteiger partial charge on any atom is 0.251 e. The normalized spacial score (nSPS) is 9.68. The van der Waals surface area contributed by atoms with E-state index in [0.29, 0.717) is 17.8 Å². The van der Waals surface area contributed by atoms with Gasteiger partial charge < -0.3 is 5.32 Å². The van der Waals surface area contributed by atoms with Crippen LogP contribution in [-0.2, 0) is 6.54 Å². The lowest BCUT2D eigenvalue weighted by Crippen LogP contribution is -2.22. The standard InChI is InChI=1S/C15H11FN2O/c1-17-14-8-4-12(5-9-14)15(19)18-10-11-2-6-13(16)7-3-11/h2-9H,10H2,(H,18,19). The third kappa shape index (κ3) is 3.39. The minimum atomic E-state index is -0.301. The molecule has 0 heterocycles. The van der Waals surface area contributed by atoms with Crippen LogP contribution in [0, 0.1) is 12.4 Å². The summed E-state index contributed by atoms with van der Waals surface area (Å²) in [5.41, 5.74) is 1.82. The molecule has 2 rings (SSSR count). The summed E-state index contributed by atoms with van der Waals surface area (Å²) in [7, 11) is 0. The number of hydrogen-bond acceptors (Lipinski definition) is 1. The lowest BCUT2D eigenvalue weighted by Gasteiger charge is -2.05. The molecule has 0 bridgehead atoms. The van der Waals surface area contributed by atoms with E-state index in [0.717, 1.165) is 5.56 Å². The molecule has 0 unspecified atom stereocenters. The van der Waals surface area contributed by atoms with Crippen LogP contribution in [0.15, 0.2) is 48.5 Å². The van der Waals surface area contributed by atoms with Crippen molar-refractivity contribution in [3.05, 3.63) is 76.9 Å². The van der Waals surface area contributed by atoms with Crippen molar-refractivity contribution in [3.8, 4) is 0 Å². The fourth-order valence-electron chi connectivity index (χ4n) is 1.57. The van der Waals surface area contributed by atoms with Gasteiger partial charge in [0, 0.05) is 12.1 Å². The zero-order valence-corrected chi connectivity index (χ0v) is 10.1. The first-order valence-electron chi connectivity index (χ1n) is 5.69. The van der Waals surface area contributed by atoms with Crippen molar-refractivity contribution in [2.24, 2.45) is 0 Å². The first-order valence-corrected chi connectivity index (χ1v) is 5.69. The molecule has 2 aromatic carbocycles. The Labute approximate surface area is 110 Å². The maximum atomic E-state index is 12.7. The van der Waals surface area contributed by atoms with E-state index in [1.807, 2.05) is 0 Å². The minimum absolute atomic E-state index is 0.221. The van der Waals surface area contributed by atoms with E-state index in [2.05, 4.69) is 10.2 Å². The van der Waals surface area contributed by atoms with Gasteiger partial charge in [0.05, 0.1) is 6.57 Å². The molecule has 0 radical (unpaired) electrons. The van der Waals surface area contributed by atoms with Crippen molar-refractivity contribution in [2.45, 2.75) is 6.54 Å². The zero-order valence-electron chi connectivity index (χ0n) is 10.1. The summed E-state index contributed by atoms with van der Waals surface area (Å²) in [5.74, 6) is -0.523. The van der Waals surface area contributed by atoms with Gasteiger partial charge in [0.15, 0.2) is 5.69 Å². The Hall–Kier alpha value is -2.67. The number of benzene rings is 2. The molecule has 0 aliphatic rings. The second kappa shape index (κ2) is 5.78. The second-order valence-corrected chi connectivity index (χ2v) is 3.97. The van der Waals surface area contributed by atoms with E-state index in [-0.39, 0.29) is 11.7 Å². The van der Waals surface area contributed by atoms with Crippen LogP contribution in [0.25, 0.3) is 4.85 Å². The van der Waals surface area contributed by atoms with Crippen molar-refractivity contribution in [1.29, 1.82) is 0 Å². The van der Waals surface area contributed by atoms with Crippen LogP contribution in [0.1, 0.15) is 15.9 Å². The first-order chi connectivity index (χ1) is 9.19. The van der Waals surface area contributed by atoms with Gasteiger partial charge in [0.1, 0.15) is 5.82 Å². The molecule has 94 valence electrons. The van der Waals surface area contributed by atoms with Gasteiger partial charge in [-0.2, -0.15) is 0 Å². The largest absolute Gasteiger partial charge is 0.348 e. The number of nitrogens with zero attached hydrogens (tertiary/aromatic N) is 1. The van der Waals surface area contributed by atoms with Gasteiger partial charge in [-0.3, -0.25) is 4.79 Å². The summed E-state index contributed by atoms with van der Waals surface area (Å²) < 4.78 is 12.7. The fraction of sp³-hybridized carbons (Fsp3) is 0.0667. The summed E-state index contributed by atoms with van der Waals surface area (Å²) in [4.78, 5) is 15.1. The molecule has 19 heavy (non-hydrogen) atoms. The van der Waals surface area contributed by atoms with Gasteiger partial charge in [-0.1, -0.05) is 36.4 Å². The molecular weight excluding hydrogens is 243 g/mol. The van der Waals surface area contributed by atoms with Gasteiger partial charge in [-0.15, -0.1) is 0 Å². The zero-order chi connectivity index (χ0) is 13.7. The van der Waals surface area contributed by atoms with Gasteiger partial charge in [0.2, 0.25) is 0 Å².